The summed E-state index contributed by atoms with van der Waals surface area (Å²) in [6.07, 6.45) is 9.13. The molecule has 6 rings (SSSR count). The van der Waals surface area contributed by atoms with Gasteiger partial charge >= 0.3 is 0 Å². The van der Waals surface area contributed by atoms with E-state index in [1.54, 1.807) is 4.90 Å². The summed E-state index contributed by atoms with van der Waals surface area (Å²) in [7, 11) is 0. The van der Waals surface area contributed by atoms with Gasteiger partial charge in [-0.1, -0.05) is 74.7 Å². The van der Waals surface area contributed by atoms with Gasteiger partial charge in [0.05, 0.1) is 17.9 Å². The molecule has 7 heteroatoms. The molecule has 3 amide bonds. The lowest BCUT2D eigenvalue weighted by Gasteiger charge is -2.34. The third-order valence-corrected chi connectivity index (χ3v) is 8.45. The van der Waals surface area contributed by atoms with Gasteiger partial charge in [-0.05, 0) is 43.0 Å². The van der Waals surface area contributed by atoms with Crippen molar-refractivity contribution in [3.8, 4) is 0 Å². The van der Waals surface area contributed by atoms with Crippen LogP contribution in [-0.2, 0) is 25.5 Å². The minimum atomic E-state index is -1.18. The topological polar surface area (TPSA) is 87.7 Å². The summed E-state index contributed by atoms with van der Waals surface area (Å²) in [5.74, 6) is -2.20. The van der Waals surface area contributed by atoms with E-state index in [4.69, 9.17) is 4.74 Å². The highest BCUT2D eigenvalue weighted by molar-refractivity contribution is 6.11. The monoisotopic (exact) mass is 499 g/mol. The lowest BCUT2D eigenvalue weighted by atomic mass is 9.74. The molecule has 7 nitrogen and oxygen atoms in total. The van der Waals surface area contributed by atoms with Gasteiger partial charge in [0, 0.05) is 17.4 Å². The Balaban J connectivity index is 1.39. The van der Waals surface area contributed by atoms with Crippen molar-refractivity contribution in [3.05, 3.63) is 72.3 Å². The molecule has 1 saturated carbocycles. The number of rotatable bonds is 6. The van der Waals surface area contributed by atoms with Crippen LogP contribution in [0.3, 0.4) is 0 Å². The number of ether oxygens (including phenoxy) is 1. The number of carbonyl (C=O) groups excluding carboxylic acids is 3. The smallest absolute Gasteiger partial charge is 0.246 e. The number of carbonyl (C=O) groups is 3. The second-order valence-corrected chi connectivity index (χ2v) is 10.6. The highest BCUT2D eigenvalue weighted by Gasteiger charge is 2.73. The highest BCUT2D eigenvalue weighted by atomic mass is 16.5. The summed E-state index contributed by atoms with van der Waals surface area (Å²) < 4.78 is 6.48. The summed E-state index contributed by atoms with van der Waals surface area (Å²) in [6.45, 7) is 2.04. The summed E-state index contributed by atoms with van der Waals surface area (Å²) in [4.78, 5) is 43.5. The van der Waals surface area contributed by atoms with Crippen molar-refractivity contribution in [2.45, 2.75) is 69.2 Å². The molecule has 2 bridgehead atoms. The number of amides is 3. The van der Waals surface area contributed by atoms with Gasteiger partial charge < -0.3 is 15.4 Å². The van der Waals surface area contributed by atoms with Gasteiger partial charge in [-0.3, -0.25) is 19.3 Å². The highest BCUT2D eigenvalue weighted by Crippen LogP contribution is 2.56. The molecule has 1 aliphatic carbocycles. The number of nitrogens with zero attached hydrogens (tertiary/aromatic N) is 1. The predicted octanol–water partition coefficient (Wildman–Crippen LogP) is 3.99. The first-order valence-electron chi connectivity index (χ1n) is 13.5. The van der Waals surface area contributed by atoms with Gasteiger partial charge in [-0.2, -0.15) is 0 Å². The van der Waals surface area contributed by atoms with Crippen molar-refractivity contribution in [2.75, 3.05) is 10.2 Å². The molecule has 3 aliphatic heterocycles. The fourth-order valence-electron chi connectivity index (χ4n) is 6.75. The molecule has 2 aromatic carbocycles. The fourth-order valence-corrected chi connectivity index (χ4v) is 6.75. The zero-order valence-electron chi connectivity index (χ0n) is 21.1. The number of anilines is 2. The van der Waals surface area contributed by atoms with Gasteiger partial charge in [0.1, 0.15) is 11.6 Å². The van der Waals surface area contributed by atoms with Crippen LogP contribution in [0.25, 0.3) is 0 Å². The Bertz CT molecular complexity index is 1240. The lowest BCUT2D eigenvalue weighted by molar-refractivity contribution is -0.129. The molecule has 2 N–H and O–H groups in total. The van der Waals surface area contributed by atoms with E-state index in [2.05, 4.69) is 10.6 Å². The average Bonchev–Trinajstić information content (AvgIpc) is 3.57. The van der Waals surface area contributed by atoms with E-state index >= 15 is 0 Å². The van der Waals surface area contributed by atoms with E-state index in [-0.39, 0.29) is 23.8 Å². The Morgan fingerprint density at radius 1 is 1.00 bits per heavy atom. The molecule has 0 radical (unpaired) electrons. The Kier molecular flexibility index (Phi) is 6.11. The van der Waals surface area contributed by atoms with Crippen LogP contribution in [0.2, 0.25) is 0 Å². The lowest BCUT2D eigenvalue weighted by Crippen LogP contribution is -2.56. The zero-order valence-corrected chi connectivity index (χ0v) is 21.1. The van der Waals surface area contributed by atoms with E-state index < -0.39 is 29.6 Å². The van der Waals surface area contributed by atoms with Crippen LogP contribution >= 0.6 is 0 Å². The van der Waals surface area contributed by atoms with Gasteiger partial charge in [-0.15, -0.1) is 0 Å². The molecular weight excluding hydrogens is 466 g/mol. The van der Waals surface area contributed by atoms with Gasteiger partial charge in [0.2, 0.25) is 17.7 Å². The molecule has 4 aliphatic rings. The van der Waals surface area contributed by atoms with Crippen molar-refractivity contribution in [3.63, 3.8) is 0 Å². The quantitative estimate of drug-likeness (QED) is 0.589. The largest absolute Gasteiger partial charge is 0.359 e. The van der Waals surface area contributed by atoms with E-state index in [0.717, 1.165) is 31.2 Å². The standard InChI is InChI=1S/C30H33N3O4/c1-2-19-11-9-10-16-22(19)33-26(28(35)32-21-14-7-4-8-15-21)30-18-17-23(37-30)24(25(30)29(33)36)27(34)31-20-12-5-3-6-13-20/h3,5-6,9-13,16-18,21,23-26H,2,4,7-8,14-15H2,1H3,(H,31,34)(H,32,35)/t23-,24-,25+,26+,30+/m1/s1. The second kappa shape index (κ2) is 9.45. The van der Waals surface area contributed by atoms with Crippen molar-refractivity contribution in [1.82, 2.24) is 5.32 Å². The van der Waals surface area contributed by atoms with Crippen LogP contribution in [0.15, 0.2) is 66.7 Å². The van der Waals surface area contributed by atoms with Crippen LogP contribution < -0.4 is 15.5 Å². The van der Waals surface area contributed by atoms with Crippen molar-refractivity contribution >= 4 is 29.1 Å². The normalized spacial score (nSPS) is 30.4. The number of hydrogen-bond acceptors (Lipinski definition) is 4. The Morgan fingerprint density at radius 2 is 1.73 bits per heavy atom. The van der Waals surface area contributed by atoms with Crippen LogP contribution in [0.1, 0.15) is 44.6 Å². The van der Waals surface area contributed by atoms with Crippen LogP contribution in [0.5, 0.6) is 0 Å². The molecule has 5 atom stereocenters. The third kappa shape index (κ3) is 3.87. The first-order chi connectivity index (χ1) is 18.0. The number of nitrogens with one attached hydrogen (secondary N) is 2. The molecule has 3 heterocycles. The Hall–Kier alpha value is -3.45. The first kappa shape index (κ1) is 23.9. The molecule has 0 unspecified atom stereocenters. The number of fused-ring (bicyclic) bond motifs is 1. The molecule has 37 heavy (non-hydrogen) atoms. The minimum Gasteiger partial charge on any atom is -0.359 e. The van der Waals surface area contributed by atoms with Crippen molar-refractivity contribution < 1.29 is 19.1 Å². The first-order valence-corrected chi connectivity index (χ1v) is 13.5. The number of hydrogen-bond donors (Lipinski definition) is 2. The summed E-state index contributed by atoms with van der Waals surface area (Å²) >= 11 is 0. The number of aryl methyl sites for hydroxylation is 1. The van der Waals surface area contributed by atoms with Crippen LogP contribution in [0.4, 0.5) is 11.4 Å². The van der Waals surface area contributed by atoms with Gasteiger partial charge in [0.25, 0.3) is 0 Å². The van der Waals surface area contributed by atoms with E-state index in [1.807, 2.05) is 73.7 Å². The Labute approximate surface area is 217 Å². The molecule has 1 spiro atoms. The maximum atomic E-state index is 14.3. The van der Waals surface area contributed by atoms with Crippen molar-refractivity contribution in [2.24, 2.45) is 11.8 Å². The molecule has 2 saturated heterocycles. The maximum Gasteiger partial charge on any atom is 0.246 e. The fraction of sp³-hybridized carbons (Fsp3) is 0.433. The predicted molar refractivity (Wildman–Crippen MR) is 141 cm³/mol. The Morgan fingerprint density at radius 3 is 2.49 bits per heavy atom. The molecular formula is C30H33N3O4. The van der Waals surface area contributed by atoms with E-state index in [9.17, 15) is 14.4 Å². The summed E-state index contributed by atoms with van der Waals surface area (Å²) in [5.41, 5.74) is 1.18. The molecule has 0 aromatic heterocycles. The summed E-state index contributed by atoms with van der Waals surface area (Å²) in [5, 5.41) is 6.21. The average molecular weight is 500 g/mol. The number of benzene rings is 2. The molecule has 2 aromatic rings. The van der Waals surface area contributed by atoms with E-state index in [0.29, 0.717) is 17.8 Å². The summed E-state index contributed by atoms with van der Waals surface area (Å²) in [6, 6.07) is 16.1. The zero-order chi connectivity index (χ0) is 25.6. The van der Waals surface area contributed by atoms with Gasteiger partial charge in [-0.25, -0.2) is 0 Å². The van der Waals surface area contributed by atoms with Crippen LogP contribution in [-0.4, -0.2) is 41.5 Å². The maximum absolute atomic E-state index is 14.3. The third-order valence-electron chi connectivity index (χ3n) is 8.45. The number of para-hydroxylation sites is 2. The SMILES string of the molecule is CCc1ccccc1N1C(=O)[C@@H]2[C@H](C(=O)Nc3ccccc3)[C@H]3C=C[C@@]2(O3)[C@@H]1C(=O)NC1CCCCC1. The second-order valence-electron chi connectivity index (χ2n) is 10.6. The molecule has 192 valence electrons. The van der Waals surface area contributed by atoms with Gasteiger partial charge in [0.15, 0.2) is 0 Å². The minimum absolute atomic E-state index is 0.0924. The van der Waals surface area contributed by atoms with Crippen LogP contribution in [0, 0.1) is 11.8 Å². The van der Waals surface area contributed by atoms with Crippen molar-refractivity contribution in [1.29, 1.82) is 0 Å². The molecule has 3 fully saturated rings. The van der Waals surface area contributed by atoms with E-state index in [1.165, 1.54) is 6.42 Å².